The van der Waals surface area contributed by atoms with Gasteiger partial charge in [0.1, 0.15) is 0 Å². The maximum atomic E-state index is 14.3. The number of rotatable bonds is 6. The predicted octanol–water partition coefficient (Wildman–Crippen LogP) is 7.62. The summed E-state index contributed by atoms with van der Waals surface area (Å²) in [7, 11) is -1.30. The SMILES string of the molecule is O=S(C(c1ccccc1)c1ccc(Cl)cc1)C(c1ccccc1)c1ccc(Cl)cc1. The first kappa shape index (κ1) is 20.9. The zero-order chi connectivity index (χ0) is 20.9. The second kappa shape index (κ2) is 9.61. The first-order chi connectivity index (χ1) is 14.6. The average Bonchev–Trinajstić information content (AvgIpc) is 2.78. The molecule has 0 amide bonds. The molecule has 4 rings (SSSR count). The molecule has 2 unspecified atom stereocenters. The van der Waals surface area contributed by atoms with Gasteiger partial charge < -0.3 is 0 Å². The van der Waals surface area contributed by atoms with E-state index in [-0.39, 0.29) is 10.5 Å². The summed E-state index contributed by atoms with van der Waals surface area (Å²) < 4.78 is 14.3. The molecule has 0 spiro atoms. The van der Waals surface area contributed by atoms with Crippen LogP contribution in [0.1, 0.15) is 32.8 Å². The van der Waals surface area contributed by atoms with Gasteiger partial charge in [0.15, 0.2) is 0 Å². The zero-order valence-electron chi connectivity index (χ0n) is 16.1. The Kier molecular flexibility index (Phi) is 6.69. The molecule has 0 aliphatic carbocycles. The van der Waals surface area contributed by atoms with Crippen LogP contribution in [0.15, 0.2) is 109 Å². The van der Waals surface area contributed by atoms with Crippen LogP contribution in [0.2, 0.25) is 10.0 Å². The summed E-state index contributed by atoms with van der Waals surface area (Å²) in [6.45, 7) is 0. The van der Waals surface area contributed by atoms with E-state index in [1.54, 1.807) is 0 Å². The van der Waals surface area contributed by atoms with Crippen molar-refractivity contribution in [2.45, 2.75) is 10.5 Å². The molecular formula is C26H20Cl2OS. The Bertz CT molecular complexity index is 1020. The molecule has 30 heavy (non-hydrogen) atoms. The lowest BCUT2D eigenvalue weighted by Crippen LogP contribution is -2.17. The standard InChI is InChI=1S/C26H20Cl2OS/c27-23-15-11-21(12-16-23)25(19-7-3-1-4-8-19)30(29)26(20-9-5-2-6-10-20)22-13-17-24(28)18-14-22/h1-18,25-26H. The van der Waals surface area contributed by atoms with Gasteiger partial charge in [-0.2, -0.15) is 0 Å². The largest absolute Gasteiger partial charge is 0.258 e. The van der Waals surface area contributed by atoms with Gasteiger partial charge in [-0.15, -0.1) is 0 Å². The molecule has 0 aliphatic heterocycles. The fourth-order valence-electron chi connectivity index (χ4n) is 3.59. The highest BCUT2D eigenvalue weighted by Crippen LogP contribution is 2.39. The molecule has 4 aromatic carbocycles. The molecule has 0 radical (unpaired) electrons. The molecule has 0 bridgehead atoms. The van der Waals surface area contributed by atoms with Crippen molar-refractivity contribution in [2.24, 2.45) is 0 Å². The summed E-state index contributed by atoms with van der Waals surface area (Å²) in [5, 5.41) is 0.719. The highest BCUT2D eigenvalue weighted by atomic mass is 35.5. The number of benzene rings is 4. The van der Waals surface area contributed by atoms with E-state index in [2.05, 4.69) is 0 Å². The Morgan fingerprint density at radius 2 is 0.767 bits per heavy atom. The van der Waals surface area contributed by atoms with Gasteiger partial charge in [-0.05, 0) is 46.5 Å². The Labute approximate surface area is 189 Å². The molecule has 0 aromatic heterocycles. The van der Waals surface area contributed by atoms with Crippen LogP contribution in [0.25, 0.3) is 0 Å². The maximum absolute atomic E-state index is 14.3. The lowest BCUT2D eigenvalue weighted by Gasteiger charge is -2.25. The molecule has 0 aliphatic rings. The molecule has 1 nitrogen and oxygen atoms in total. The second-order valence-corrected chi connectivity index (χ2v) is 9.49. The van der Waals surface area contributed by atoms with E-state index in [9.17, 15) is 4.21 Å². The summed E-state index contributed by atoms with van der Waals surface area (Å²) in [5.74, 6) is 0. The van der Waals surface area contributed by atoms with Crippen molar-refractivity contribution in [2.75, 3.05) is 0 Å². The third kappa shape index (κ3) is 4.67. The topological polar surface area (TPSA) is 17.1 Å². The van der Waals surface area contributed by atoms with Crippen LogP contribution in [0.5, 0.6) is 0 Å². The molecule has 2 atom stereocenters. The molecule has 0 saturated carbocycles. The number of hydrogen-bond donors (Lipinski definition) is 0. The predicted molar refractivity (Wildman–Crippen MR) is 128 cm³/mol. The Balaban J connectivity index is 1.86. The Morgan fingerprint density at radius 3 is 1.10 bits per heavy atom. The van der Waals surface area contributed by atoms with Crippen LogP contribution in [0.4, 0.5) is 0 Å². The first-order valence-corrected chi connectivity index (χ1v) is 11.7. The number of hydrogen-bond acceptors (Lipinski definition) is 1. The van der Waals surface area contributed by atoms with E-state index in [0.717, 1.165) is 22.3 Å². The summed E-state index contributed by atoms with van der Waals surface area (Å²) in [4.78, 5) is 0. The third-order valence-corrected chi connectivity index (χ3v) is 7.54. The highest BCUT2D eigenvalue weighted by molar-refractivity contribution is 7.86. The fraction of sp³-hybridized carbons (Fsp3) is 0.0769. The van der Waals surface area contributed by atoms with Gasteiger partial charge in [0.2, 0.25) is 0 Å². The van der Waals surface area contributed by atoms with Crippen LogP contribution in [0, 0.1) is 0 Å². The van der Waals surface area contributed by atoms with Gasteiger partial charge in [0.25, 0.3) is 0 Å². The second-order valence-electron chi connectivity index (χ2n) is 7.01. The fourth-order valence-corrected chi connectivity index (χ4v) is 5.81. The van der Waals surface area contributed by atoms with Crippen molar-refractivity contribution in [1.29, 1.82) is 0 Å². The van der Waals surface area contributed by atoms with Crippen molar-refractivity contribution >= 4 is 34.0 Å². The minimum absolute atomic E-state index is 0.302. The monoisotopic (exact) mass is 450 g/mol. The van der Waals surface area contributed by atoms with E-state index in [4.69, 9.17) is 23.2 Å². The first-order valence-electron chi connectivity index (χ1n) is 9.63. The summed E-state index contributed by atoms with van der Waals surface area (Å²) in [6, 6.07) is 35.2. The molecular weight excluding hydrogens is 431 g/mol. The molecule has 150 valence electrons. The normalized spacial score (nSPS) is 14.1. The quantitative estimate of drug-likeness (QED) is 0.295. The van der Waals surface area contributed by atoms with Gasteiger partial charge >= 0.3 is 0 Å². The van der Waals surface area contributed by atoms with E-state index in [0.29, 0.717) is 10.0 Å². The summed E-state index contributed by atoms with van der Waals surface area (Å²) >= 11 is 12.2. The van der Waals surface area contributed by atoms with Crippen LogP contribution >= 0.6 is 23.2 Å². The van der Waals surface area contributed by atoms with Crippen molar-refractivity contribution in [1.82, 2.24) is 0 Å². The smallest absolute Gasteiger partial charge is 0.0856 e. The lowest BCUT2D eigenvalue weighted by molar-refractivity contribution is 0.673. The molecule has 0 saturated heterocycles. The Morgan fingerprint density at radius 1 is 0.467 bits per heavy atom. The van der Waals surface area contributed by atoms with E-state index >= 15 is 0 Å². The lowest BCUT2D eigenvalue weighted by atomic mass is 10.0. The molecule has 4 heteroatoms. The van der Waals surface area contributed by atoms with Crippen LogP contribution in [-0.4, -0.2) is 4.21 Å². The average molecular weight is 451 g/mol. The van der Waals surface area contributed by atoms with Gasteiger partial charge in [-0.1, -0.05) is 108 Å². The van der Waals surface area contributed by atoms with Crippen molar-refractivity contribution < 1.29 is 4.21 Å². The van der Waals surface area contributed by atoms with Gasteiger partial charge in [-0.25, -0.2) is 0 Å². The van der Waals surface area contributed by atoms with Crippen molar-refractivity contribution in [3.8, 4) is 0 Å². The van der Waals surface area contributed by atoms with Gasteiger partial charge in [0.05, 0.1) is 10.5 Å². The van der Waals surface area contributed by atoms with E-state index in [1.807, 2.05) is 109 Å². The molecule has 4 aromatic rings. The third-order valence-electron chi connectivity index (χ3n) is 5.01. The van der Waals surface area contributed by atoms with Gasteiger partial charge in [-0.3, -0.25) is 4.21 Å². The highest BCUT2D eigenvalue weighted by Gasteiger charge is 2.30. The maximum Gasteiger partial charge on any atom is 0.0856 e. The van der Waals surface area contributed by atoms with E-state index in [1.165, 1.54) is 0 Å². The van der Waals surface area contributed by atoms with Crippen molar-refractivity contribution in [3.05, 3.63) is 141 Å². The zero-order valence-corrected chi connectivity index (χ0v) is 18.4. The van der Waals surface area contributed by atoms with Crippen molar-refractivity contribution in [3.63, 3.8) is 0 Å². The molecule has 0 heterocycles. The number of halogens is 2. The minimum atomic E-state index is -1.30. The minimum Gasteiger partial charge on any atom is -0.258 e. The summed E-state index contributed by atoms with van der Waals surface area (Å²) in [6.07, 6.45) is 0. The molecule has 0 fully saturated rings. The Hall–Kier alpha value is -2.39. The van der Waals surface area contributed by atoms with Crippen LogP contribution in [0.3, 0.4) is 0 Å². The van der Waals surface area contributed by atoms with Crippen LogP contribution in [-0.2, 0) is 10.8 Å². The summed E-state index contributed by atoms with van der Waals surface area (Å²) in [5.41, 5.74) is 3.96. The molecule has 0 N–H and O–H groups in total. The van der Waals surface area contributed by atoms with E-state index < -0.39 is 10.8 Å². The van der Waals surface area contributed by atoms with Gasteiger partial charge in [0, 0.05) is 20.8 Å². The van der Waals surface area contributed by atoms with Crippen LogP contribution < -0.4 is 0 Å².